The summed E-state index contributed by atoms with van der Waals surface area (Å²) in [5, 5.41) is 14.2. The van der Waals surface area contributed by atoms with E-state index in [9.17, 15) is 31.1 Å². The predicted molar refractivity (Wildman–Crippen MR) is 130 cm³/mol. The molecule has 0 saturated carbocycles. The van der Waals surface area contributed by atoms with E-state index in [0.717, 1.165) is 83.8 Å². The van der Waals surface area contributed by atoms with Gasteiger partial charge in [-0.05, 0) is 42.7 Å². The number of carboxylic acids is 2. The second-order valence-corrected chi connectivity index (χ2v) is 9.90. The maximum Gasteiger partial charge on any atom is 0.490 e. The minimum atomic E-state index is -5.08. The number of ether oxygens (including phenoxy) is 2. The molecule has 3 fully saturated rings. The average Bonchev–Trinajstić information content (AvgIpc) is 3.30. The van der Waals surface area contributed by atoms with Crippen molar-refractivity contribution in [1.82, 2.24) is 14.8 Å². The van der Waals surface area contributed by atoms with Crippen LogP contribution in [0.4, 0.5) is 26.3 Å². The second kappa shape index (κ2) is 15.3. The summed E-state index contributed by atoms with van der Waals surface area (Å²) in [6.45, 7) is 7.36. The van der Waals surface area contributed by atoms with Gasteiger partial charge in [-0.15, -0.1) is 0 Å². The molecule has 3 saturated heterocycles. The first-order valence-corrected chi connectivity index (χ1v) is 12.8. The van der Waals surface area contributed by atoms with E-state index in [1.54, 1.807) is 6.20 Å². The molecule has 4 heterocycles. The minimum absolute atomic E-state index is 0.275. The Kier molecular flexibility index (Phi) is 12.8. The Morgan fingerprint density at radius 3 is 2.02 bits per heavy atom. The van der Waals surface area contributed by atoms with Crippen molar-refractivity contribution in [1.29, 1.82) is 0 Å². The number of hydrogen-bond acceptors (Lipinski definition) is 7. The number of carbonyl (C=O) groups is 3. The summed E-state index contributed by atoms with van der Waals surface area (Å²) in [7, 11) is 0. The number of aromatic nitrogens is 1. The van der Waals surface area contributed by atoms with Crippen LogP contribution in [0.2, 0.25) is 0 Å². The van der Waals surface area contributed by atoms with Crippen molar-refractivity contribution in [2.24, 2.45) is 5.41 Å². The smallest absolute Gasteiger partial charge is 0.475 e. The molecule has 2 N–H and O–H groups in total. The third kappa shape index (κ3) is 12.2. The minimum Gasteiger partial charge on any atom is -0.475 e. The standard InChI is InChI=1S/C21H31N3O3.2C2HF3O2/c25-20(4-3-18-2-1-7-22-15-18)24-8-5-21(6-9-24)14-19(27-17-21)16-23-10-12-26-13-11-23;2*3-2(4,5)1(6)7/h1-2,7,15,19H,3-6,8-14,16-17H2;2*(H,6,7). The second-order valence-electron chi connectivity index (χ2n) is 9.90. The van der Waals surface area contributed by atoms with Crippen molar-refractivity contribution in [3.63, 3.8) is 0 Å². The fourth-order valence-electron chi connectivity index (χ4n) is 4.62. The zero-order valence-electron chi connectivity index (χ0n) is 22.1. The number of carboxylic acid groups (broad SMARTS) is 2. The molecule has 1 spiro atoms. The van der Waals surface area contributed by atoms with Gasteiger partial charge in [-0.1, -0.05) is 6.07 Å². The fraction of sp³-hybridized carbons (Fsp3) is 0.680. The van der Waals surface area contributed by atoms with Crippen molar-refractivity contribution >= 4 is 17.8 Å². The van der Waals surface area contributed by atoms with Crippen molar-refractivity contribution in [2.45, 2.75) is 50.6 Å². The molecule has 41 heavy (non-hydrogen) atoms. The number of alkyl halides is 6. The molecular weight excluding hydrogens is 568 g/mol. The van der Waals surface area contributed by atoms with Crippen LogP contribution in [0.15, 0.2) is 24.5 Å². The topological polar surface area (TPSA) is 130 Å². The van der Waals surface area contributed by atoms with Gasteiger partial charge in [0.2, 0.25) is 5.91 Å². The van der Waals surface area contributed by atoms with Crippen LogP contribution in [0, 0.1) is 5.41 Å². The molecule has 1 aromatic heterocycles. The summed E-state index contributed by atoms with van der Waals surface area (Å²) in [5.74, 6) is -5.24. The number of halogens is 6. The van der Waals surface area contributed by atoms with Crippen molar-refractivity contribution in [2.75, 3.05) is 52.5 Å². The summed E-state index contributed by atoms with van der Waals surface area (Å²) >= 11 is 0. The third-order valence-corrected chi connectivity index (χ3v) is 6.86. The number of piperidine rings is 1. The first kappa shape index (κ1) is 34.2. The first-order chi connectivity index (χ1) is 19.1. The lowest BCUT2D eigenvalue weighted by molar-refractivity contribution is -0.193. The molecular formula is C25H33F6N3O7. The Morgan fingerprint density at radius 1 is 0.976 bits per heavy atom. The molecule has 1 aromatic rings. The Labute approximate surface area is 232 Å². The molecule has 1 atom stereocenters. The number of hydrogen-bond donors (Lipinski definition) is 2. The molecule has 4 rings (SSSR count). The van der Waals surface area contributed by atoms with E-state index in [0.29, 0.717) is 12.5 Å². The third-order valence-electron chi connectivity index (χ3n) is 6.86. The van der Waals surface area contributed by atoms with Gasteiger partial charge in [0, 0.05) is 51.5 Å². The highest BCUT2D eigenvalue weighted by molar-refractivity contribution is 5.76. The zero-order valence-corrected chi connectivity index (χ0v) is 22.1. The summed E-state index contributed by atoms with van der Waals surface area (Å²) < 4.78 is 75.1. The molecule has 3 aliphatic heterocycles. The van der Waals surface area contributed by atoms with Gasteiger partial charge in [0.25, 0.3) is 0 Å². The predicted octanol–water partition coefficient (Wildman–Crippen LogP) is 3.01. The average molecular weight is 602 g/mol. The molecule has 3 aliphatic rings. The summed E-state index contributed by atoms with van der Waals surface area (Å²) in [5.41, 5.74) is 1.42. The van der Waals surface area contributed by atoms with Crippen LogP contribution in [0.5, 0.6) is 0 Å². The van der Waals surface area contributed by atoms with E-state index in [2.05, 4.69) is 14.8 Å². The van der Waals surface area contributed by atoms with Gasteiger partial charge < -0.3 is 24.6 Å². The summed E-state index contributed by atoms with van der Waals surface area (Å²) in [4.78, 5) is 39.0. The van der Waals surface area contributed by atoms with E-state index < -0.39 is 24.3 Å². The van der Waals surface area contributed by atoms with E-state index >= 15 is 0 Å². The Morgan fingerprint density at radius 2 is 1.54 bits per heavy atom. The SMILES string of the molecule is O=C(CCc1cccnc1)N1CCC2(CC1)COC(CN1CCOCC1)C2.O=C(O)C(F)(F)F.O=C(O)C(F)(F)F. The number of aryl methyl sites for hydroxylation is 1. The lowest BCUT2D eigenvalue weighted by atomic mass is 9.76. The molecule has 0 bridgehead atoms. The van der Waals surface area contributed by atoms with Gasteiger partial charge in [0.05, 0.1) is 25.9 Å². The van der Waals surface area contributed by atoms with Crippen LogP contribution in [0.1, 0.15) is 31.2 Å². The van der Waals surface area contributed by atoms with Gasteiger partial charge in [-0.3, -0.25) is 14.7 Å². The summed E-state index contributed by atoms with van der Waals surface area (Å²) in [6.07, 6.45) is -1.56. The van der Waals surface area contributed by atoms with E-state index in [1.807, 2.05) is 18.3 Å². The molecule has 10 nitrogen and oxygen atoms in total. The number of pyridine rings is 1. The highest BCUT2D eigenvalue weighted by Gasteiger charge is 2.43. The lowest BCUT2D eigenvalue weighted by Gasteiger charge is -2.38. The van der Waals surface area contributed by atoms with E-state index in [1.165, 1.54) is 0 Å². The number of rotatable bonds is 5. The highest BCUT2D eigenvalue weighted by Crippen LogP contribution is 2.42. The maximum absolute atomic E-state index is 12.6. The van der Waals surface area contributed by atoms with Gasteiger partial charge >= 0.3 is 24.3 Å². The molecule has 0 aliphatic carbocycles. The summed E-state index contributed by atoms with van der Waals surface area (Å²) in [6, 6.07) is 3.97. The molecule has 0 radical (unpaired) electrons. The molecule has 232 valence electrons. The number of amides is 1. The van der Waals surface area contributed by atoms with E-state index in [4.69, 9.17) is 29.3 Å². The van der Waals surface area contributed by atoms with Gasteiger partial charge in [0.15, 0.2) is 0 Å². The monoisotopic (exact) mass is 601 g/mol. The Bertz CT molecular complexity index is 956. The van der Waals surface area contributed by atoms with Gasteiger partial charge in [0.1, 0.15) is 0 Å². The first-order valence-electron chi connectivity index (χ1n) is 12.8. The molecule has 1 unspecified atom stereocenters. The number of carbonyl (C=O) groups excluding carboxylic acids is 1. The number of aliphatic carboxylic acids is 2. The van der Waals surface area contributed by atoms with Gasteiger partial charge in [-0.2, -0.15) is 26.3 Å². The lowest BCUT2D eigenvalue weighted by Crippen LogP contribution is -2.44. The van der Waals surface area contributed by atoms with Crippen LogP contribution in [-0.4, -0.2) is 114 Å². The van der Waals surface area contributed by atoms with Crippen LogP contribution in [0.3, 0.4) is 0 Å². The van der Waals surface area contributed by atoms with Crippen molar-refractivity contribution in [3.8, 4) is 0 Å². The van der Waals surface area contributed by atoms with Crippen LogP contribution in [-0.2, 0) is 30.3 Å². The van der Waals surface area contributed by atoms with Crippen molar-refractivity contribution < 1.29 is 60.4 Å². The highest BCUT2D eigenvalue weighted by atomic mass is 19.4. The number of likely N-dealkylation sites (tertiary alicyclic amines) is 1. The largest absolute Gasteiger partial charge is 0.490 e. The van der Waals surface area contributed by atoms with E-state index in [-0.39, 0.29) is 11.3 Å². The maximum atomic E-state index is 12.6. The quantitative estimate of drug-likeness (QED) is 0.490. The normalized spacial score (nSPS) is 20.8. The van der Waals surface area contributed by atoms with Gasteiger partial charge in [-0.25, -0.2) is 9.59 Å². The van der Waals surface area contributed by atoms with Crippen molar-refractivity contribution in [3.05, 3.63) is 30.1 Å². The molecule has 0 aromatic carbocycles. The van der Waals surface area contributed by atoms with Crippen LogP contribution in [0.25, 0.3) is 0 Å². The number of nitrogens with zero attached hydrogens (tertiary/aromatic N) is 3. The fourth-order valence-corrected chi connectivity index (χ4v) is 4.62. The zero-order chi connectivity index (χ0) is 30.7. The van der Waals surface area contributed by atoms with Crippen LogP contribution >= 0.6 is 0 Å². The Balaban J connectivity index is 0.000000349. The molecule has 1 amide bonds. The van der Waals surface area contributed by atoms with Crippen LogP contribution < -0.4 is 0 Å². The molecule has 16 heteroatoms. The Hall–Kier alpha value is -2.98. The number of morpholine rings is 1.